The van der Waals surface area contributed by atoms with Crippen molar-refractivity contribution in [3.05, 3.63) is 35.9 Å². The molecule has 2 N–H and O–H groups in total. The van der Waals surface area contributed by atoms with Crippen molar-refractivity contribution in [2.45, 2.75) is 52.0 Å². The first-order valence-electron chi connectivity index (χ1n) is 7.55. The fourth-order valence-corrected chi connectivity index (χ4v) is 2.10. The van der Waals surface area contributed by atoms with Crippen LogP contribution in [0.15, 0.2) is 30.3 Å². The molecule has 0 bridgehead atoms. The van der Waals surface area contributed by atoms with Crippen molar-refractivity contribution in [1.29, 1.82) is 0 Å². The Kier molecular flexibility index (Phi) is 7.97. The van der Waals surface area contributed by atoms with E-state index in [1.54, 1.807) is 0 Å². The molecule has 2 unspecified atom stereocenters. The number of aryl methyl sites for hydroxylation is 1. The first kappa shape index (κ1) is 16.7. The van der Waals surface area contributed by atoms with E-state index in [9.17, 15) is 4.79 Å². The van der Waals surface area contributed by atoms with Gasteiger partial charge in [-0.05, 0) is 38.2 Å². The van der Waals surface area contributed by atoms with Gasteiger partial charge in [0.1, 0.15) is 0 Å². The smallest absolute Gasteiger partial charge is 0.308 e. The van der Waals surface area contributed by atoms with Crippen molar-refractivity contribution in [1.82, 2.24) is 0 Å². The standard InChI is InChI=1S/C17H27NO2/c1-14(8-6-9-15(2)18)17(19)20-13-7-12-16-10-4-3-5-11-16/h3-5,10-11,14-15H,6-9,12-13,18H2,1-2H3. The second kappa shape index (κ2) is 9.54. The molecule has 1 aromatic carbocycles. The van der Waals surface area contributed by atoms with Gasteiger partial charge in [-0.25, -0.2) is 0 Å². The van der Waals surface area contributed by atoms with Gasteiger partial charge in [0.25, 0.3) is 0 Å². The number of ether oxygens (including phenoxy) is 1. The largest absolute Gasteiger partial charge is 0.465 e. The van der Waals surface area contributed by atoms with Gasteiger partial charge in [-0.3, -0.25) is 4.79 Å². The van der Waals surface area contributed by atoms with E-state index in [4.69, 9.17) is 10.5 Å². The van der Waals surface area contributed by atoms with Crippen molar-refractivity contribution in [2.75, 3.05) is 6.61 Å². The number of rotatable bonds is 9. The maximum Gasteiger partial charge on any atom is 0.308 e. The maximum absolute atomic E-state index is 11.8. The molecule has 0 aromatic heterocycles. The molecule has 0 aliphatic heterocycles. The number of benzene rings is 1. The predicted molar refractivity (Wildman–Crippen MR) is 82.4 cm³/mol. The monoisotopic (exact) mass is 277 g/mol. The molecule has 0 aliphatic carbocycles. The summed E-state index contributed by atoms with van der Waals surface area (Å²) in [5, 5.41) is 0. The summed E-state index contributed by atoms with van der Waals surface area (Å²) in [6.45, 7) is 4.43. The molecule has 0 aliphatic rings. The molecule has 0 amide bonds. The van der Waals surface area contributed by atoms with Crippen LogP contribution in [0.1, 0.15) is 45.1 Å². The van der Waals surface area contributed by atoms with E-state index >= 15 is 0 Å². The molecule has 20 heavy (non-hydrogen) atoms. The quantitative estimate of drug-likeness (QED) is 0.556. The zero-order valence-corrected chi connectivity index (χ0v) is 12.7. The van der Waals surface area contributed by atoms with Crippen LogP contribution in [0.25, 0.3) is 0 Å². The first-order valence-corrected chi connectivity index (χ1v) is 7.55. The molecule has 1 rings (SSSR count). The molecule has 0 heterocycles. The summed E-state index contributed by atoms with van der Waals surface area (Å²) in [5.41, 5.74) is 6.98. The van der Waals surface area contributed by atoms with Crippen molar-refractivity contribution >= 4 is 5.97 Å². The second-order valence-corrected chi connectivity index (χ2v) is 5.57. The fourth-order valence-electron chi connectivity index (χ4n) is 2.10. The molecule has 3 heteroatoms. The highest BCUT2D eigenvalue weighted by Gasteiger charge is 2.14. The van der Waals surface area contributed by atoms with Gasteiger partial charge < -0.3 is 10.5 Å². The van der Waals surface area contributed by atoms with Crippen molar-refractivity contribution in [3.8, 4) is 0 Å². The van der Waals surface area contributed by atoms with E-state index in [2.05, 4.69) is 12.1 Å². The summed E-state index contributed by atoms with van der Waals surface area (Å²) in [6, 6.07) is 10.5. The summed E-state index contributed by atoms with van der Waals surface area (Å²) in [7, 11) is 0. The maximum atomic E-state index is 11.8. The van der Waals surface area contributed by atoms with E-state index in [0.29, 0.717) is 6.61 Å². The van der Waals surface area contributed by atoms with Crippen LogP contribution in [0, 0.1) is 5.92 Å². The fraction of sp³-hybridized carbons (Fsp3) is 0.588. The number of carbonyl (C=O) groups excluding carboxylic acids is 1. The van der Waals surface area contributed by atoms with Gasteiger partial charge >= 0.3 is 5.97 Å². The summed E-state index contributed by atoms with van der Waals surface area (Å²) in [5.74, 6) is -0.104. The first-order chi connectivity index (χ1) is 9.59. The van der Waals surface area contributed by atoms with Crippen LogP contribution < -0.4 is 5.73 Å². The third-order valence-corrected chi connectivity index (χ3v) is 3.40. The van der Waals surface area contributed by atoms with Crippen LogP contribution in [0.3, 0.4) is 0 Å². The van der Waals surface area contributed by atoms with Crippen LogP contribution in [0.5, 0.6) is 0 Å². The number of hydrogen-bond donors (Lipinski definition) is 1. The summed E-state index contributed by atoms with van der Waals surface area (Å²) >= 11 is 0. The normalized spacial score (nSPS) is 13.8. The van der Waals surface area contributed by atoms with Crippen LogP contribution in [-0.2, 0) is 16.0 Å². The SMILES string of the molecule is CC(N)CCCC(C)C(=O)OCCCc1ccccc1. The molecule has 0 radical (unpaired) electrons. The van der Waals surface area contributed by atoms with Gasteiger partial charge in [-0.2, -0.15) is 0 Å². The number of carbonyl (C=O) groups is 1. The molecular weight excluding hydrogens is 250 g/mol. The summed E-state index contributed by atoms with van der Waals surface area (Å²) in [6.07, 6.45) is 4.64. The second-order valence-electron chi connectivity index (χ2n) is 5.57. The average molecular weight is 277 g/mol. The van der Waals surface area contributed by atoms with Crippen LogP contribution >= 0.6 is 0 Å². The van der Waals surface area contributed by atoms with Gasteiger partial charge in [0.05, 0.1) is 12.5 Å². The number of hydrogen-bond acceptors (Lipinski definition) is 3. The molecule has 0 spiro atoms. The van der Waals surface area contributed by atoms with Crippen LogP contribution in [0.4, 0.5) is 0 Å². The Morgan fingerprint density at radius 2 is 1.85 bits per heavy atom. The van der Waals surface area contributed by atoms with Gasteiger partial charge in [0.15, 0.2) is 0 Å². The minimum absolute atomic E-state index is 0.0227. The van der Waals surface area contributed by atoms with Gasteiger partial charge in [-0.15, -0.1) is 0 Å². The van der Waals surface area contributed by atoms with Crippen LogP contribution in [-0.4, -0.2) is 18.6 Å². The minimum atomic E-state index is -0.0808. The molecule has 0 fully saturated rings. The Morgan fingerprint density at radius 3 is 2.50 bits per heavy atom. The topological polar surface area (TPSA) is 52.3 Å². The lowest BCUT2D eigenvalue weighted by Crippen LogP contribution is -2.18. The molecular formula is C17H27NO2. The predicted octanol–water partition coefficient (Wildman–Crippen LogP) is 3.32. The highest BCUT2D eigenvalue weighted by molar-refractivity contribution is 5.71. The Bertz CT molecular complexity index is 376. The zero-order chi connectivity index (χ0) is 14.8. The molecule has 0 saturated heterocycles. The van der Waals surface area contributed by atoms with E-state index in [1.165, 1.54) is 5.56 Å². The lowest BCUT2D eigenvalue weighted by atomic mass is 10.0. The molecule has 2 atom stereocenters. The lowest BCUT2D eigenvalue weighted by molar-refractivity contribution is -0.148. The summed E-state index contributed by atoms with van der Waals surface area (Å²) < 4.78 is 5.31. The van der Waals surface area contributed by atoms with E-state index in [-0.39, 0.29) is 17.9 Å². The highest BCUT2D eigenvalue weighted by Crippen LogP contribution is 2.11. The lowest BCUT2D eigenvalue weighted by Gasteiger charge is -2.12. The zero-order valence-electron chi connectivity index (χ0n) is 12.7. The van der Waals surface area contributed by atoms with E-state index < -0.39 is 0 Å². The Balaban J connectivity index is 2.10. The average Bonchev–Trinajstić information content (AvgIpc) is 2.44. The van der Waals surface area contributed by atoms with Gasteiger partial charge in [0.2, 0.25) is 0 Å². The Labute approximate surface area is 122 Å². The van der Waals surface area contributed by atoms with E-state index in [1.807, 2.05) is 32.0 Å². The van der Waals surface area contributed by atoms with Crippen LogP contribution in [0.2, 0.25) is 0 Å². The van der Waals surface area contributed by atoms with Crippen molar-refractivity contribution in [2.24, 2.45) is 11.7 Å². The van der Waals surface area contributed by atoms with Crippen molar-refractivity contribution in [3.63, 3.8) is 0 Å². The van der Waals surface area contributed by atoms with Crippen molar-refractivity contribution < 1.29 is 9.53 Å². The Morgan fingerprint density at radius 1 is 1.15 bits per heavy atom. The summed E-state index contributed by atoms with van der Waals surface area (Å²) in [4.78, 5) is 11.8. The highest BCUT2D eigenvalue weighted by atomic mass is 16.5. The minimum Gasteiger partial charge on any atom is -0.465 e. The number of nitrogens with two attached hydrogens (primary N) is 1. The van der Waals surface area contributed by atoms with E-state index in [0.717, 1.165) is 32.1 Å². The third-order valence-electron chi connectivity index (χ3n) is 3.40. The molecule has 0 saturated carbocycles. The molecule has 1 aromatic rings. The Hall–Kier alpha value is -1.35. The number of esters is 1. The molecule has 3 nitrogen and oxygen atoms in total. The van der Waals surface area contributed by atoms with Gasteiger partial charge in [-0.1, -0.05) is 43.7 Å². The molecule has 112 valence electrons. The van der Waals surface area contributed by atoms with Gasteiger partial charge in [0, 0.05) is 6.04 Å². The third kappa shape index (κ3) is 7.29.